The monoisotopic (exact) mass is 256 g/mol. The first-order valence-corrected chi connectivity index (χ1v) is 5.94. The first kappa shape index (κ1) is 13.0. The molecule has 0 saturated carbocycles. The number of primary amides is 1. The topological polar surface area (TPSA) is 73.8 Å². The summed E-state index contributed by atoms with van der Waals surface area (Å²) in [6.45, 7) is 5.70. The number of nitrogens with two attached hydrogens (primary N) is 1. The van der Waals surface area contributed by atoms with Gasteiger partial charge in [-0.25, -0.2) is 9.67 Å². The summed E-state index contributed by atoms with van der Waals surface area (Å²) in [5.74, 6) is 0.156. The maximum atomic E-state index is 11.0. The van der Waals surface area contributed by atoms with Crippen molar-refractivity contribution < 1.29 is 4.79 Å². The third kappa shape index (κ3) is 3.07. The van der Waals surface area contributed by atoms with E-state index in [0.717, 1.165) is 16.7 Å². The van der Waals surface area contributed by atoms with Crippen LogP contribution in [0.3, 0.4) is 0 Å². The number of amides is 1. The highest BCUT2D eigenvalue weighted by molar-refractivity contribution is 5.94. The molecule has 1 amide bonds. The lowest BCUT2D eigenvalue weighted by atomic mass is 10.1. The Morgan fingerprint density at radius 3 is 2.47 bits per heavy atom. The Morgan fingerprint density at radius 2 is 1.89 bits per heavy atom. The van der Waals surface area contributed by atoms with Gasteiger partial charge < -0.3 is 5.73 Å². The Kier molecular flexibility index (Phi) is 3.46. The fourth-order valence-electron chi connectivity index (χ4n) is 1.84. The fourth-order valence-corrected chi connectivity index (χ4v) is 1.84. The zero-order chi connectivity index (χ0) is 14.0. The Morgan fingerprint density at radius 1 is 1.26 bits per heavy atom. The molecule has 2 N–H and O–H groups in total. The predicted molar refractivity (Wildman–Crippen MR) is 74.1 cm³/mol. The van der Waals surface area contributed by atoms with Gasteiger partial charge in [0.05, 0.1) is 0 Å². The van der Waals surface area contributed by atoms with E-state index < -0.39 is 5.91 Å². The minimum absolute atomic E-state index is 0.428. The SMILES string of the molecule is C/C(=C\n1cnc(-c2cc(C)cc(C)c2)n1)C(N)=O. The van der Waals surface area contributed by atoms with Crippen molar-refractivity contribution in [1.82, 2.24) is 14.8 Å². The highest BCUT2D eigenvalue weighted by Crippen LogP contribution is 2.18. The fraction of sp³-hybridized carbons (Fsp3) is 0.214. The third-order valence-electron chi connectivity index (χ3n) is 2.70. The molecule has 98 valence electrons. The molecule has 0 aliphatic rings. The molecule has 1 aromatic carbocycles. The number of benzene rings is 1. The normalized spacial score (nSPS) is 11.6. The molecule has 1 aromatic heterocycles. The van der Waals surface area contributed by atoms with E-state index in [-0.39, 0.29) is 0 Å². The molecule has 0 bridgehead atoms. The molecule has 0 unspecified atom stereocenters. The number of hydrogen-bond acceptors (Lipinski definition) is 3. The molecule has 1 heterocycles. The summed E-state index contributed by atoms with van der Waals surface area (Å²) in [4.78, 5) is 15.2. The third-order valence-corrected chi connectivity index (χ3v) is 2.70. The van der Waals surface area contributed by atoms with Gasteiger partial charge in [-0.1, -0.05) is 17.2 Å². The van der Waals surface area contributed by atoms with Crippen LogP contribution in [-0.2, 0) is 4.79 Å². The minimum Gasteiger partial charge on any atom is -0.366 e. The molecular weight excluding hydrogens is 240 g/mol. The predicted octanol–water partition coefficient (Wildman–Crippen LogP) is 1.91. The Balaban J connectivity index is 2.36. The zero-order valence-electron chi connectivity index (χ0n) is 11.2. The van der Waals surface area contributed by atoms with E-state index in [4.69, 9.17) is 5.73 Å². The summed E-state index contributed by atoms with van der Waals surface area (Å²) in [5.41, 5.74) is 8.88. The average molecular weight is 256 g/mol. The largest absolute Gasteiger partial charge is 0.366 e. The van der Waals surface area contributed by atoms with Crippen LogP contribution in [0, 0.1) is 13.8 Å². The molecule has 2 rings (SSSR count). The number of aryl methyl sites for hydroxylation is 2. The molecule has 0 spiro atoms. The van der Waals surface area contributed by atoms with Crippen LogP contribution >= 0.6 is 0 Å². The van der Waals surface area contributed by atoms with Gasteiger partial charge in [0.15, 0.2) is 5.82 Å². The maximum absolute atomic E-state index is 11.0. The Labute approximate surface area is 111 Å². The molecular formula is C14H16N4O. The number of carbonyl (C=O) groups excluding carboxylic acids is 1. The number of rotatable bonds is 3. The molecule has 0 atom stereocenters. The molecule has 0 radical (unpaired) electrons. The van der Waals surface area contributed by atoms with Gasteiger partial charge >= 0.3 is 0 Å². The van der Waals surface area contributed by atoms with Crippen molar-refractivity contribution in [3.63, 3.8) is 0 Å². The van der Waals surface area contributed by atoms with Gasteiger partial charge in [0, 0.05) is 17.3 Å². The van der Waals surface area contributed by atoms with E-state index in [2.05, 4.69) is 16.1 Å². The van der Waals surface area contributed by atoms with E-state index in [9.17, 15) is 4.79 Å². The molecule has 5 heteroatoms. The summed E-state index contributed by atoms with van der Waals surface area (Å²) in [7, 11) is 0. The van der Waals surface area contributed by atoms with Crippen LogP contribution in [-0.4, -0.2) is 20.7 Å². The summed E-state index contributed by atoms with van der Waals surface area (Å²) < 4.78 is 1.49. The maximum Gasteiger partial charge on any atom is 0.245 e. The second-order valence-electron chi connectivity index (χ2n) is 4.60. The van der Waals surface area contributed by atoms with Crippen molar-refractivity contribution in [3.05, 3.63) is 41.2 Å². The van der Waals surface area contributed by atoms with Crippen molar-refractivity contribution in [2.75, 3.05) is 0 Å². The highest BCUT2D eigenvalue weighted by Gasteiger charge is 2.05. The lowest BCUT2D eigenvalue weighted by Gasteiger charge is -2.00. The summed E-state index contributed by atoms with van der Waals surface area (Å²) >= 11 is 0. The summed E-state index contributed by atoms with van der Waals surface area (Å²) in [6.07, 6.45) is 3.11. The highest BCUT2D eigenvalue weighted by atomic mass is 16.1. The van der Waals surface area contributed by atoms with Crippen LogP contribution in [0.4, 0.5) is 0 Å². The van der Waals surface area contributed by atoms with Crippen LogP contribution in [0.5, 0.6) is 0 Å². The molecule has 19 heavy (non-hydrogen) atoms. The van der Waals surface area contributed by atoms with Gasteiger partial charge in [-0.2, -0.15) is 0 Å². The average Bonchev–Trinajstić information content (AvgIpc) is 2.76. The van der Waals surface area contributed by atoms with Gasteiger partial charge in [0.1, 0.15) is 6.33 Å². The van der Waals surface area contributed by atoms with E-state index in [1.807, 2.05) is 26.0 Å². The lowest BCUT2D eigenvalue weighted by Crippen LogP contribution is -2.12. The molecule has 0 saturated heterocycles. The molecule has 2 aromatic rings. The van der Waals surface area contributed by atoms with Crippen LogP contribution in [0.2, 0.25) is 0 Å². The standard InChI is InChI=1S/C14H16N4O/c1-9-4-10(2)6-12(5-9)14-16-8-18(17-14)7-11(3)13(15)19/h4-8H,1-3H3,(H2,15,19)/b11-7+. The number of nitrogens with zero attached hydrogens (tertiary/aromatic N) is 3. The van der Waals surface area contributed by atoms with E-state index >= 15 is 0 Å². The van der Waals surface area contributed by atoms with Crippen molar-refractivity contribution >= 4 is 12.1 Å². The van der Waals surface area contributed by atoms with Crippen LogP contribution in [0.1, 0.15) is 18.1 Å². The number of aromatic nitrogens is 3. The second-order valence-corrected chi connectivity index (χ2v) is 4.60. The summed E-state index contributed by atoms with van der Waals surface area (Å²) in [5, 5.41) is 4.31. The molecule has 0 aliphatic carbocycles. The second kappa shape index (κ2) is 5.06. The van der Waals surface area contributed by atoms with Crippen molar-refractivity contribution in [3.8, 4) is 11.4 Å². The first-order valence-electron chi connectivity index (χ1n) is 5.94. The van der Waals surface area contributed by atoms with E-state index in [0.29, 0.717) is 11.4 Å². The first-order chi connectivity index (χ1) is 8.95. The number of carbonyl (C=O) groups is 1. The van der Waals surface area contributed by atoms with Crippen LogP contribution in [0.15, 0.2) is 30.1 Å². The van der Waals surface area contributed by atoms with Crippen LogP contribution < -0.4 is 5.73 Å². The van der Waals surface area contributed by atoms with Gasteiger partial charge in [0.2, 0.25) is 5.91 Å². The number of hydrogen-bond donors (Lipinski definition) is 1. The molecule has 5 nitrogen and oxygen atoms in total. The zero-order valence-corrected chi connectivity index (χ0v) is 11.2. The molecule has 0 aliphatic heterocycles. The van der Waals surface area contributed by atoms with Crippen molar-refractivity contribution in [1.29, 1.82) is 0 Å². The quantitative estimate of drug-likeness (QED) is 0.852. The van der Waals surface area contributed by atoms with Crippen molar-refractivity contribution in [2.45, 2.75) is 20.8 Å². The lowest BCUT2D eigenvalue weighted by molar-refractivity contribution is -0.114. The van der Waals surface area contributed by atoms with E-state index in [1.54, 1.807) is 19.5 Å². The van der Waals surface area contributed by atoms with E-state index in [1.165, 1.54) is 4.68 Å². The van der Waals surface area contributed by atoms with Crippen molar-refractivity contribution in [2.24, 2.45) is 5.73 Å². The Hall–Kier alpha value is -2.43. The Bertz CT molecular complexity index is 635. The van der Waals surface area contributed by atoms with Gasteiger partial charge in [-0.05, 0) is 32.9 Å². The van der Waals surface area contributed by atoms with Gasteiger partial charge in [-0.3, -0.25) is 4.79 Å². The minimum atomic E-state index is -0.469. The molecule has 0 fully saturated rings. The van der Waals surface area contributed by atoms with Gasteiger partial charge in [0.25, 0.3) is 0 Å². The summed E-state index contributed by atoms with van der Waals surface area (Å²) in [6, 6.07) is 6.15. The smallest absolute Gasteiger partial charge is 0.245 e. The van der Waals surface area contributed by atoms with Gasteiger partial charge in [-0.15, -0.1) is 5.10 Å². The van der Waals surface area contributed by atoms with Crippen LogP contribution in [0.25, 0.3) is 17.6 Å².